The highest BCUT2D eigenvalue weighted by Crippen LogP contribution is 2.30. The smallest absolute Gasteiger partial charge is 0.306 e. The van der Waals surface area contributed by atoms with Gasteiger partial charge in [-0.15, -0.1) is 0 Å². The van der Waals surface area contributed by atoms with E-state index in [9.17, 15) is 14.4 Å². The number of amides is 2. The van der Waals surface area contributed by atoms with Crippen LogP contribution in [0.4, 0.5) is 5.82 Å². The molecule has 0 atom stereocenters. The van der Waals surface area contributed by atoms with E-state index in [0.717, 1.165) is 0 Å². The fourth-order valence-electron chi connectivity index (χ4n) is 2.80. The van der Waals surface area contributed by atoms with Crippen molar-refractivity contribution in [3.8, 4) is 0 Å². The van der Waals surface area contributed by atoms with Crippen LogP contribution in [0.5, 0.6) is 0 Å². The van der Waals surface area contributed by atoms with Gasteiger partial charge >= 0.3 is 5.97 Å². The molecule has 0 unspecified atom stereocenters. The van der Waals surface area contributed by atoms with E-state index in [4.69, 9.17) is 9.63 Å². The minimum atomic E-state index is -0.800. The molecule has 0 spiro atoms. The number of hydrogen-bond acceptors (Lipinski definition) is 5. The van der Waals surface area contributed by atoms with Gasteiger partial charge in [0.25, 0.3) is 0 Å². The summed E-state index contributed by atoms with van der Waals surface area (Å²) in [6, 6.07) is 1.59. The molecule has 8 nitrogen and oxygen atoms in total. The molecule has 0 saturated heterocycles. The molecule has 1 fully saturated rings. The highest BCUT2D eigenvalue weighted by atomic mass is 16.5. The van der Waals surface area contributed by atoms with Crippen LogP contribution in [-0.4, -0.2) is 46.5 Å². The summed E-state index contributed by atoms with van der Waals surface area (Å²) in [6.07, 6.45) is 2.10. The Labute approximate surface area is 133 Å². The molecule has 1 heterocycles. The lowest BCUT2D eigenvalue weighted by molar-refractivity contribution is -0.145. The summed E-state index contributed by atoms with van der Waals surface area (Å²) >= 11 is 0. The second-order valence-corrected chi connectivity index (χ2v) is 5.95. The fourth-order valence-corrected chi connectivity index (χ4v) is 2.80. The number of carbonyl (C=O) groups excluding carboxylic acids is 2. The number of carboxylic acid groups (broad SMARTS) is 1. The molecule has 1 aliphatic carbocycles. The molecule has 1 aliphatic rings. The maximum absolute atomic E-state index is 12.3. The van der Waals surface area contributed by atoms with E-state index in [-0.39, 0.29) is 30.2 Å². The van der Waals surface area contributed by atoms with Gasteiger partial charge in [0.2, 0.25) is 11.8 Å². The number of hydrogen-bond donors (Lipinski definition) is 2. The normalized spacial score (nSPS) is 20.8. The Kier molecular flexibility index (Phi) is 5.36. The molecule has 126 valence electrons. The fraction of sp³-hybridized carbons (Fsp3) is 0.600. The van der Waals surface area contributed by atoms with Gasteiger partial charge in [0.05, 0.1) is 12.5 Å². The van der Waals surface area contributed by atoms with Gasteiger partial charge in [0.15, 0.2) is 5.82 Å². The predicted octanol–water partition coefficient (Wildman–Crippen LogP) is 1.27. The van der Waals surface area contributed by atoms with Gasteiger partial charge in [0.1, 0.15) is 5.76 Å². The van der Waals surface area contributed by atoms with Gasteiger partial charge in [0, 0.05) is 19.0 Å². The number of anilines is 1. The van der Waals surface area contributed by atoms with Crippen molar-refractivity contribution < 1.29 is 24.0 Å². The zero-order valence-corrected chi connectivity index (χ0v) is 13.2. The summed E-state index contributed by atoms with van der Waals surface area (Å²) in [5.41, 5.74) is 0. The zero-order chi connectivity index (χ0) is 17.0. The molecule has 23 heavy (non-hydrogen) atoms. The van der Waals surface area contributed by atoms with E-state index in [0.29, 0.717) is 37.3 Å². The number of nitrogens with zero attached hydrogens (tertiary/aromatic N) is 2. The monoisotopic (exact) mass is 323 g/mol. The number of aliphatic carboxylic acids is 1. The highest BCUT2D eigenvalue weighted by Gasteiger charge is 2.31. The molecular formula is C15H21N3O5. The Balaban J connectivity index is 1.80. The summed E-state index contributed by atoms with van der Waals surface area (Å²) < 4.78 is 4.85. The Morgan fingerprint density at radius 3 is 2.43 bits per heavy atom. The third kappa shape index (κ3) is 4.54. The average molecular weight is 323 g/mol. The van der Waals surface area contributed by atoms with Crippen LogP contribution in [0.3, 0.4) is 0 Å². The minimum absolute atomic E-state index is 0.0798. The van der Waals surface area contributed by atoms with Crippen molar-refractivity contribution in [1.82, 2.24) is 10.1 Å². The average Bonchev–Trinajstić information content (AvgIpc) is 2.91. The number of aromatic nitrogens is 1. The minimum Gasteiger partial charge on any atom is -0.481 e. The SMILES string of the molecule is Cc1cc(NC(=O)CN(C)C(=O)C2CCC(C(=O)O)CC2)no1. The highest BCUT2D eigenvalue weighted by molar-refractivity contribution is 5.94. The Morgan fingerprint density at radius 1 is 1.30 bits per heavy atom. The molecular weight excluding hydrogens is 302 g/mol. The Bertz CT molecular complexity index is 590. The molecule has 2 N–H and O–H groups in total. The van der Waals surface area contributed by atoms with E-state index in [1.165, 1.54) is 4.90 Å². The quantitative estimate of drug-likeness (QED) is 0.844. The van der Waals surface area contributed by atoms with E-state index in [1.54, 1.807) is 20.0 Å². The number of carbonyl (C=O) groups is 3. The van der Waals surface area contributed by atoms with Crippen LogP contribution in [0.15, 0.2) is 10.6 Å². The molecule has 1 aromatic heterocycles. The Morgan fingerprint density at radius 2 is 1.91 bits per heavy atom. The predicted molar refractivity (Wildman–Crippen MR) is 80.6 cm³/mol. The summed E-state index contributed by atoms with van der Waals surface area (Å²) in [5, 5.41) is 15.2. The van der Waals surface area contributed by atoms with Gasteiger partial charge < -0.3 is 19.8 Å². The van der Waals surface area contributed by atoms with Crippen LogP contribution >= 0.6 is 0 Å². The molecule has 2 amide bonds. The van der Waals surface area contributed by atoms with Gasteiger partial charge in [-0.2, -0.15) is 0 Å². The third-order valence-corrected chi connectivity index (χ3v) is 4.08. The maximum Gasteiger partial charge on any atom is 0.306 e. The Hall–Kier alpha value is -2.38. The number of likely N-dealkylation sites (N-methyl/N-ethyl adjacent to an activating group) is 1. The number of aryl methyl sites for hydroxylation is 1. The van der Waals surface area contributed by atoms with Gasteiger partial charge in [-0.3, -0.25) is 14.4 Å². The van der Waals surface area contributed by atoms with Crippen LogP contribution in [0.2, 0.25) is 0 Å². The number of nitrogens with one attached hydrogen (secondary N) is 1. The van der Waals surface area contributed by atoms with Crippen LogP contribution in [0.25, 0.3) is 0 Å². The van der Waals surface area contributed by atoms with E-state index < -0.39 is 5.97 Å². The van der Waals surface area contributed by atoms with Crippen LogP contribution in [0.1, 0.15) is 31.4 Å². The first-order chi connectivity index (χ1) is 10.9. The molecule has 8 heteroatoms. The number of carboxylic acids is 1. The first-order valence-corrected chi connectivity index (χ1v) is 7.57. The van der Waals surface area contributed by atoms with E-state index in [2.05, 4.69) is 10.5 Å². The summed E-state index contributed by atoms with van der Waals surface area (Å²) in [5.74, 6) is -0.948. The first kappa shape index (κ1) is 17.0. The van der Waals surface area contributed by atoms with Crippen molar-refractivity contribution in [1.29, 1.82) is 0 Å². The lowest BCUT2D eigenvalue weighted by atomic mass is 9.81. The molecule has 0 bridgehead atoms. The molecule has 0 aromatic carbocycles. The molecule has 1 saturated carbocycles. The van der Waals surface area contributed by atoms with Crippen molar-refractivity contribution >= 4 is 23.6 Å². The van der Waals surface area contributed by atoms with Crippen LogP contribution in [0, 0.1) is 18.8 Å². The topological polar surface area (TPSA) is 113 Å². The number of rotatable bonds is 5. The van der Waals surface area contributed by atoms with E-state index >= 15 is 0 Å². The summed E-state index contributed by atoms with van der Waals surface area (Å²) in [7, 11) is 1.57. The largest absolute Gasteiger partial charge is 0.481 e. The molecule has 2 rings (SSSR count). The van der Waals surface area contributed by atoms with Gasteiger partial charge in [-0.05, 0) is 32.6 Å². The van der Waals surface area contributed by atoms with Crippen LogP contribution in [-0.2, 0) is 14.4 Å². The van der Waals surface area contributed by atoms with Crippen molar-refractivity contribution in [3.05, 3.63) is 11.8 Å². The zero-order valence-electron chi connectivity index (χ0n) is 13.2. The first-order valence-electron chi connectivity index (χ1n) is 7.57. The maximum atomic E-state index is 12.3. The van der Waals surface area contributed by atoms with E-state index in [1.807, 2.05) is 0 Å². The van der Waals surface area contributed by atoms with Crippen molar-refractivity contribution in [2.24, 2.45) is 11.8 Å². The van der Waals surface area contributed by atoms with Crippen LogP contribution < -0.4 is 5.32 Å². The summed E-state index contributed by atoms with van der Waals surface area (Å²) in [6.45, 7) is 1.63. The second-order valence-electron chi connectivity index (χ2n) is 5.95. The third-order valence-electron chi connectivity index (χ3n) is 4.08. The lowest BCUT2D eigenvalue weighted by Crippen LogP contribution is -2.40. The van der Waals surface area contributed by atoms with Crippen molar-refractivity contribution in [2.75, 3.05) is 18.9 Å². The molecule has 1 aromatic rings. The molecule has 0 radical (unpaired) electrons. The second kappa shape index (κ2) is 7.26. The van der Waals surface area contributed by atoms with Crippen molar-refractivity contribution in [3.63, 3.8) is 0 Å². The standard InChI is InChI=1S/C15H21N3O5/c1-9-7-12(17-23-9)16-13(19)8-18(2)14(20)10-3-5-11(6-4-10)15(21)22/h7,10-11H,3-6,8H2,1-2H3,(H,21,22)(H,16,17,19). The summed E-state index contributed by atoms with van der Waals surface area (Å²) in [4.78, 5) is 36.5. The molecule has 0 aliphatic heterocycles. The van der Waals surface area contributed by atoms with Gasteiger partial charge in [-0.1, -0.05) is 5.16 Å². The lowest BCUT2D eigenvalue weighted by Gasteiger charge is -2.28. The van der Waals surface area contributed by atoms with Gasteiger partial charge in [-0.25, -0.2) is 0 Å². The van der Waals surface area contributed by atoms with Crippen molar-refractivity contribution in [2.45, 2.75) is 32.6 Å².